The van der Waals surface area contributed by atoms with Crippen LogP contribution in [0.15, 0.2) is 6.07 Å². The molecule has 1 aromatic rings. The van der Waals surface area contributed by atoms with Crippen molar-refractivity contribution in [2.24, 2.45) is 5.92 Å². The summed E-state index contributed by atoms with van der Waals surface area (Å²) in [5, 5.41) is 9.84. The van der Waals surface area contributed by atoms with Crippen molar-refractivity contribution < 1.29 is 19.1 Å². The molecule has 2 N–H and O–H groups in total. The summed E-state index contributed by atoms with van der Waals surface area (Å²) in [5.74, 6) is 0.879. The van der Waals surface area contributed by atoms with Crippen molar-refractivity contribution in [2.75, 3.05) is 25.1 Å². The number of rotatable bonds is 4. The fourth-order valence-corrected chi connectivity index (χ4v) is 2.73. The van der Waals surface area contributed by atoms with Gasteiger partial charge in [0.2, 0.25) is 0 Å². The number of aromatic nitrogens is 2. The molecule has 0 unspecified atom stereocenters. The molecule has 3 rings (SSSR count). The first-order valence-electron chi connectivity index (χ1n) is 8.74. The molecule has 0 bridgehead atoms. The molecule has 1 saturated carbocycles. The minimum Gasteiger partial charge on any atom is -0.444 e. The number of morpholine rings is 1. The Morgan fingerprint density at radius 3 is 2.88 bits per heavy atom. The van der Waals surface area contributed by atoms with Gasteiger partial charge in [-0.1, -0.05) is 0 Å². The predicted molar refractivity (Wildman–Crippen MR) is 91.2 cm³/mol. The van der Waals surface area contributed by atoms with Gasteiger partial charge in [0.25, 0.3) is 5.91 Å². The van der Waals surface area contributed by atoms with Gasteiger partial charge in [-0.25, -0.2) is 4.79 Å². The molecule has 2 fully saturated rings. The topological polar surface area (TPSA) is 96.5 Å². The van der Waals surface area contributed by atoms with E-state index in [0.29, 0.717) is 19.0 Å². The molecule has 0 aromatic carbocycles. The number of nitrogens with zero attached hydrogens (tertiary/aromatic N) is 2. The molecule has 8 nitrogen and oxygen atoms in total. The van der Waals surface area contributed by atoms with Crippen LogP contribution in [0.5, 0.6) is 0 Å². The summed E-state index contributed by atoms with van der Waals surface area (Å²) >= 11 is 0. The molecular weight excluding hydrogens is 324 g/mol. The Kier molecular flexibility index (Phi) is 4.99. The minimum atomic E-state index is -0.729. The molecule has 1 atom stereocenters. The van der Waals surface area contributed by atoms with Crippen LogP contribution in [0.25, 0.3) is 0 Å². The lowest BCUT2D eigenvalue weighted by molar-refractivity contribution is -0.127. The second-order valence-electron chi connectivity index (χ2n) is 7.68. The fourth-order valence-electron chi connectivity index (χ4n) is 2.73. The molecule has 2 aliphatic rings. The number of H-pyrrole nitrogens is 1. The van der Waals surface area contributed by atoms with Gasteiger partial charge in [0, 0.05) is 18.3 Å². The Morgan fingerprint density at radius 1 is 1.44 bits per heavy atom. The van der Waals surface area contributed by atoms with Crippen LogP contribution in [-0.2, 0) is 20.7 Å². The van der Waals surface area contributed by atoms with Gasteiger partial charge in [-0.05, 0) is 46.0 Å². The number of ether oxygens (including phenoxy) is 2. The number of carbonyl (C=O) groups excluding carboxylic acids is 2. The molecule has 1 saturated heterocycles. The third-order valence-corrected chi connectivity index (χ3v) is 4.15. The van der Waals surface area contributed by atoms with Gasteiger partial charge < -0.3 is 14.8 Å². The summed E-state index contributed by atoms with van der Waals surface area (Å²) in [5.41, 5.74) is 0.401. The molecule has 8 heteroatoms. The number of carbonyl (C=O) groups is 2. The predicted octanol–water partition coefficient (Wildman–Crippen LogP) is 1.94. The van der Waals surface area contributed by atoms with Crippen LogP contribution in [0.3, 0.4) is 0 Å². The largest absolute Gasteiger partial charge is 0.444 e. The maximum Gasteiger partial charge on any atom is 0.411 e. The van der Waals surface area contributed by atoms with Crippen LogP contribution in [0.4, 0.5) is 10.6 Å². The molecule has 25 heavy (non-hydrogen) atoms. The second-order valence-corrected chi connectivity index (χ2v) is 7.68. The molecule has 138 valence electrons. The summed E-state index contributed by atoms with van der Waals surface area (Å²) in [6, 6.07) is 1.12. The highest BCUT2D eigenvalue weighted by Crippen LogP contribution is 2.32. The quantitative estimate of drug-likeness (QED) is 0.865. The molecule has 2 amide bonds. The van der Waals surface area contributed by atoms with Gasteiger partial charge in [0.15, 0.2) is 5.82 Å². The first kappa shape index (κ1) is 17.7. The summed E-state index contributed by atoms with van der Waals surface area (Å²) in [6.45, 7) is 6.24. The van der Waals surface area contributed by atoms with Crippen molar-refractivity contribution in [3.8, 4) is 0 Å². The average Bonchev–Trinajstić information content (AvgIpc) is 3.24. The Labute approximate surface area is 147 Å². The van der Waals surface area contributed by atoms with E-state index in [1.165, 1.54) is 17.7 Å². The van der Waals surface area contributed by atoms with E-state index in [0.717, 1.165) is 18.0 Å². The van der Waals surface area contributed by atoms with Crippen molar-refractivity contribution in [3.63, 3.8) is 0 Å². The minimum absolute atomic E-state index is 0.143. The normalized spacial score (nSPS) is 21.1. The van der Waals surface area contributed by atoms with E-state index < -0.39 is 17.7 Å². The highest BCUT2D eigenvalue weighted by molar-refractivity contribution is 5.96. The van der Waals surface area contributed by atoms with E-state index in [-0.39, 0.29) is 12.5 Å². The second kappa shape index (κ2) is 7.03. The molecule has 2 heterocycles. The van der Waals surface area contributed by atoms with Gasteiger partial charge in [0.05, 0.1) is 13.2 Å². The van der Waals surface area contributed by atoms with Crippen molar-refractivity contribution in [1.82, 2.24) is 15.1 Å². The number of hydrogen-bond acceptors (Lipinski definition) is 5. The monoisotopic (exact) mass is 350 g/mol. The first-order chi connectivity index (χ1) is 11.8. The van der Waals surface area contributed by atoms with Gasteiger partial charge >= 0.3 is 6.09 Å². The number of amides is 2. The lowest BCUT2D eigenvalue weighted by Crippen LogP contribution is -2.55. The maximum atomic E-state index is 12.6. The zero-order chi connectivity index (χ0) is 18.0. The zero-order valence-corrected chi connectivity index (χ0v) is 15.0. The van der Waals surface area contributed by atoms with Crippen molar-refractivity contribution >= 4 is 17.8 Å². The van der Waals surface area contributed by atoms with Crippen LogP contribution >= 0.6 is 0 Å². The number of nitrogens with one attached hydrogen (secondary N) is 2. The number of hydrogen-bond donors (Lipinski definition) is 2. The fraction of sp³-hybridized carbons (Fsp3) is 0.706. The molecule has 0 spiro atoms. The van der Waals surface area contributed by atoms with Crippen molar-refractivity contribution in [2.45, 2.75) is 51.7 Å². The van der Waals surface area contributed by atoms with Crippen molar-refractivity contribution in [3.05, 3.63) is 11.8 Å². The highest BCUT2D eigenvalue weighted by Gasteiger charge is 2.35. The van der Waals surface area contributed by atoms with E-state index in [9.17, 15) is 9.59 Å². The summed E-state index contributed by atoms with van der Waals surface area (Å²) in [7, 11) is 0. The van der Waals surface area contributed by atoms with Crippen LogP contribution in [0, 0.1) is 5.92 Å². The molecule has 1 aliphatic heterocycles. The van der Waals surface area contributed by atoms with E-state index >= 15 is 0 Å². The third kappa shape index (κ3) is 4.94. The number of anilines is 1. The van der Waals surface area contributed by atoms with E-state index in [1.54, 1.807) is 20.8 Å². The molecular formula is C17H26N4O4. The Morgan fingerprint density at radius 2 is 2.20 bits per heavy atom. The Balaban J connectivity index is 1.61. The Bertz CT molecular complexity index is 633. The lowest BCUT2D eigenvalue weighted by Gasteiger charge is -2.35. The van der Waals surface area contributed by atoms with Gasteiger partial charge in [-0.15, -0.1) is 0 Å². The van der Waals surface area contributed by atoms with E-state index in [4.69, 9.17) is 9.47 Å². The summed E-state index contributed by atoms with van der Waals surface area (Å²) in [6.07, 6.45) is 2.96. The lowest BCUT2D eigenvalue weighted by atomic mass is 10.2. The Hall–Kier alpha value is -2.09. The van der Waals surface area contributed by atoms with E-state index in [2.05, 4.69) is 15.5 Å². The first-order valence-corrected chi connectivity index (χ1v) is 8.74. The van der Waals surface area contributed by atoms with Crippen LogP contribution < -0.4 is 5.32 Å². The van der Waals surface area contributed by atoms with Gasteiger partial charge in [-0.3, -0.25) is 14.8 Å². The summed E-state index contributed by atoms with van der Waals surface area (Å²) in [4.78, 5) is 26.4. The van der Waals surface area contributed by atoms with Gasteiger partial charge in [-0.2, -0.15) is 5.10 Å². The van der Waals surface area contributed by atoms with Crippen LogP contribution in [0.2, 0.25) is 0 Å². The molecule has 0 radical (unpaired) electrons. The van der Waals surface area contributed by atoms with Crippen LogP contribution in [-0.4, -0.2) is 58.5 Å². The maximum absolute atomic E-state index is 12.6. The molecule has 1 aromatic heterocycles. The van der Waals surface area contributed by atoms with E-state index in [1.807, 2.05) is 6.07 Å². The number of aromatic amines is 1. The standard InChI is InChI=1S/C17H26N4O4/c1-17(2,3)25-16(23)21-6-7-24-10-13(21)15(22)18-14-9-12(19-20-14)8-11-4-5-11/h9,11,13H,4-8,10H2,1-3H3,(H2,18,19,20,22)/t13-/m0/s1. The van der Waals surface area contributed by atoms with Crippen molar-refractivity contribution in [1.29, 1.82) is 0 Å². The SMILES string of the molecule is CC(C)(C)OC(=O)N1CCOC[C@H]1C(=O)Nc1cc(CC2CC2)[nH]n1. The molecule has 1 aliphatic carbocycles. The summed E-state index contributed by atoms with van der Waals surface area (Å²) < 4.78 is 10.8. The smallest absolute Gasteiger partial charge is 0.411 e. The zero-order valence-electron chi connectivity index (χ0n) is 15.0. The van der Waals surface area contributed by atoms with Gasteiger partial charge in [0.1, 0.15) is 11.6 Å². The third-order valence-electron chi connectivity index (χ3n) is 4.15. The highest BCUT2D eigenvalue weighted by atomic mass is 16.6. The average molecular weight is 350 g/mol. The van der Waals surface area contributed by atoms with Crippen LogP contribution in [0.1, 0.15) is 39.3 Å².